The maximum atomic E-state index is 13.5. The molecule has 2 aromatic heterocycles. The molecule has 5 nitrogen and oxygen atoms in total. The molecule has 3 aromatic carbocycles. The highest BCUT2D eigenvalue weighted by Crippen LogP contribution is 2.36. The number of hydrogen-bond acceptors (Lipinski definition) is 2. The molecule has 1 aliphatic carbocycles. The number of aromatic amines is 1. The molecule has 1 saturated carbocycles. The van der Waals surface area contributed by atoms with Crippen LogP contribution in [0.5, 0.6) is 0 Å². The number of imidazole rings is 1. The Bertz CT molecular complexity index is 1690. The lowest BCUT2D eigenvalue weighted by Gasteiger charge is -2.18. The van der Waals surface area contributed by atoms with Crippen LogP contribution in [0.2, 0.25) is 0 Å². The first-order valence-corrected chi connectivity index (χ1v) is 13.4. The number of fused-ring (bicyclic) bond motifs is 2. The van der Waals surface area contributed by atoms with Crippen LogP contribution in [-0.4, -0.2) is 38.4 Å². The molecule has 39 heavy (non-hydrogen) atoms. The summed E-state index contributed by atoms with van der Waals surface area (Å²) >= 11 is 0. The topological polar surface area (TPSA) is 53.9 Å². The van der Waals surface area contributed by atoms with E-state index in [1.54, 1.807) is 0 Å². The van der Waals surface area contributed by atoms with Crippen molar-refractivity contribution in [3.8, 4) is 22.5 Å². The molecule has 1 N–H and O–H groups in total. The highest BCUT2D eigenvalue weighted by molar-refractivity contribution is 5.86. The number of amides is 1. The molecule has 8 heteroatoms. The van der Waals surface area contributed by atoms with Gasteiger partial charge in [-0.15, -0.1) is 0 Å². The summed E-state index contributed by atoms with van der Waals surface area (Å²) in [6.45, 7) is 2.01. The minimum Gasteiger partial charge on any atom is -0.361 e. The Kier molecular flexibility index (Phi) is 5.54. The molecule has 1 aliphatic heterocycles. The first-order valence-electron chi connectivity index (χ1n) is 13.4. The number of carbonyl (C=O) groups is 1. The van der Waals surface area contributed by atoms with Crippen LogP contribution >= 0.6 is 0 Å². The largest absolute Gasteiger partial charge is 0.416 e. The van der Waals surface area contributed by atoms with Gasteiger partial charge in [0, 0.05) is 42.8 Å². The van der Waals surface area contributed by atoms with E-state index in [2.05, 4.69) is 23.2 Å². The molecule has 1 saturated heterocycles. The predicted molar refractivity (Wildman–Crippen MR) is 145 cm³/mol. The summed E-state index contributed by atoms with van der Waals surface area (Å²) in [4.78, 5) is 22.5. The van der Waals surface area contributed by atoms with E-state index in [1.165, 1.54) is 6.07 Å². The maximum absolute atomic E-state index is 13.5. The van der Waals surface area contributed by atoms with Crippen molar-refractivity contribution in [3.05, 3.63) is 78.5 Å². The maximum Gasteiger partial charge on any atom is 0.416 e. The molecule has 2 fully saturated rings. The van der Waals surface area contributed by atoms with Crippen LogP contribution < -0.4 is 0 Å². The highest BCUT2D eigenvalue weighted by atomic mass is 19.4. The van der Waals surface area contributed by atoms with E-state index in [0.717, 1.165) is 65.5 Å². The van der Waals surface area contributed by atoms with Gasteiger partial charge in [0.2, 0.25) is 5.91 Å². The van der Waals surface area contributed by atoms with Crippen LogP contribution in [0.25, 0.3) is 44.5 Å². The molecule has 5 aromatic rings. The number of benzene rings is 3. The van der Waals surface area contributed by atoms with Gasteiger partial charge in [0.15, 0.2) is 0 Å². The minimum absolute atomic E-state index is 0.186. The molecule has 1 atom stereocenters. The Morgan fingerprint density at radius 2 is 1.69 bits per heavy atom. The van der Waals surface area contributed by atoms with Crippen LogP contribution in [0.15, 0.2) is 72.9 Å². The summed E-state index contributed by atoms with van der Waals surface area (Å²) in [5, 5.41) is 1.15. The molecule has 198 valence electrons. The summed E-state index contributed by atoms with van der Waals surface area (Å²) in [5.74, 6) is 1.29. The molecule has 0 spiro atoms. The quantitative estimate of drug-likeness (QED) is 0.264. The summed E-state index contributed by atoms with van der Waals surface area (Å²) < 4.78 is 42.4. The van der Waals surface area contributed by atoms with Crippen LogP contribution in [0.1, 0.15) is 24.8 Å². The average molecular weight is 529 g/mol. The normalized spacial score (nSPS) is 17.9. The van der Waals surface area contributed by atoms with Crippen LogP contribution in [-0.2, 0) is 17.5 Å². The number of rotatable bonds is 5. The zero-order chi connectivity index (χ0) is 26.7. The second-order valence-electron chi connectivity index (χ2n) is 10.8. The summed E-state index contributed by atoms with van der Waals surface area (Å²) in [6, 6.07) is 20.1. The van der Waals surface area contributed by atoms with Gasteiger partial charge in [0.25, 0.3) is 0 Å². The minimum atomic E-state index is -4.44. The molecule has 3 heterocycles. The van der Waals surface area contributed by atoms with Crippen molar-refractivity contribution in [2.45, 2.75) is 32.0 Å². The third-order valence-electron chi connectivity index (χ3n) is 8.07. The number of likely N-dealkylation sites (tertiary alicyclic amines) is 1. The van der Waals surface area contributed by atoms with Crippen molar-refractivity contribution in [3.63, 3.8) is 0 Å². The smallest absolute Gasteiger partial charge is 0.361 e. The van der Waals surface area contributed by atoms with Gasteiger partial charge in [0.1, 0.15) is 5.82 Å². The number of nitrogens with one attached hydrogen (secondary N) is 1. The van der Waals surface area contributed by atoms with Gasteiger partial charge < -0.3 is 14.5 Å². The van der Waals surface area contributed by atoms with Gasteiger partial charge in [-0.2, -0.15) is 13.2 Å². The fraction of sp³-hybridized carbons (Fsp3) is 0.290. The van der Waals surface area contributed by atoms with Gasteiger partial charge in [0.05, 0.1) is 16.6 Å². The van der Waals surface area contributed by atoms with Crippen molar-refractivity contribution >= 4 is 27.8 Å². The van der Waals surface area contributed by atoms with Gasteiger partial charge in [-0.1, -0.05) is 36.4 Å². The van der Waals surface area contributed by atoms with Crippen molar-refractivity contribution in [2.24, 2.45) is 11.8 Å². The first-order chi connectivity index (χ1) is 18.8. The van der Waals surface area contributed by atoms with Gasteiger partial charge in [-0.05, 0) is 72.0 Å². The van der Waals surface area contributed by atoms with E-state index in [-0.39, 0.29) is 17.7 Å². The fourth-order valence-electron chi connectivity index (χ4n) is 5.78. The van der Waals surface area contributed by atoms with Crippen molar-refractivity contribution in [2.75, 3.05) is 13.1 Å². The van der Waals surface area contributed by atoms with Gasteiger partial charge in [-0.3, -0.25) is 4.79 Å². The monoisotopic (exact) mass is 528 g/mol. The molecular weight excluding hydrogens is 501 g/mol. The van der Waals surface area contributed by atoms with Crippen LogP contribution in [0.4, 0.5) is 13.2 Å². The summed E-state index contributed by atoms with van der Waals surface area (Å²) in [7, 11) is 0. The predicted octanol–water partition coefficient (Wildman–Crippen LogP) is 7.13. The van der Waals surface area contributed by atoms with E-state index >= 15 is 0 Å². The van der Waals surface area contributed by atoms with Crippen molar-refractivity contribution < 1.29 is 18.0 Å². The highest BCUT2D eigenvalue weighted by Gasteiger charge is 2.37. The average Bonchev–Trinajstić information content (AvgIpc) is 3.33. The van der Waals surface area contributed by atoms with E-state index in [4.69, 9.17) is 4.98 Å². The second-order valence-corrected chi connectivity index (χ2v) is 10.8. The van der Waals surface area contributed by atoms with Crippen molar-refractivity contribution in [1.82, 2.24) is 19.4 Å². The fourth-order valence-corrected chi connectivity index (χ4v) is 5.78. The molecule has 2 aliphatic rings. The van der Waals surface area contributed by atoms with Crippen LogP contribution in [0.3, 0.4) is 0 Å². The van der Waals surface area contributed by atoms with Crippen LogP contribution in [0, 0.1) is 11.8 Å². The molecule has 7 rings (SSSR count). The lowest BCUT2D eigenvalue weighted by molar-refractivity contribution is -0.137. The first kappa shape index (κ1) is 24.0. The Morgan fingerprint density at radius 1 is 0.923 bits per heavy atom. The zero-order valence-electron chi connectivity index (χ0n) is 21.2. The summed E-state index contributed by atoms with van der Waals surface area (Å²) in [5.41, 5.74) is 4.31. The lowest BCUT2D eigenvalue weighted by atomic mass is 10.0. The Hall–Kier alpha value is -4.07. The van der Waals surface area contributed by atoms with Crippen molar-refractivity contribution in [1.29, 1.82) is 0 Å². The molecule has 0 radical (unpaired) electrons. The molecule has 0 unspecified atom stereocenters. The molecule has 1 amide bonds. The third kappa shape index (κ3) is 4.47. The number of halogens is 3. The lowest BCUT2D eigenvalue weighted by Crippen LogP contribution is -2.30. The van der Waals surface area contributed by atoms with E-state index < -0.39 is 11.7 Å². The van der Waals surface area contributed by atoms with E-state index in [9.17, 15) is 18.0 Å². The number of alkyl halides is 3. The second kappa shape index (κ2) is 9.00. The zero-order valence-corrected chi connectivity index (χ0v) is 21.2. The Balaban J connectivity index is 1.24. The van der Waals surface area contributed by atoms with Gasteiger partial charge >= 0.3 is 6.18 Å². The van der Waals surface area contributed by atoms with E-state index in [1.807, 2.05) is 46.0 Å². The summed E-state index contributed by atoms with van der Waals surface area (Å²) in [6.07, 6.45) is 0.310. The standard InChI is InChI=1S/C31H27F3N4O/c32-31(33,34)25-9-10-28-27(16-25)36-29(38(28)18-19-12-14-37(17-19)30(39)23-6-7-23)22-4-1-20(2-5-22)24-8-3-21-11-13-35-26(21)15-24/h1-5,8-11,13,15-16,19,23,35H,6-7,12,14,17-18H2/t19-/m1/s1. The Morgan fingerprint density at radius 3 is 2.46 bits per heavy atom. The number of nitrogens with zero attached hydrogens (tertiary/aromatic N) is 3. The third-order valence-corrected chi connectivity index (χ3v) is 8.07. The number of carbonyl (C=O) groups excluding carboxylic acids is 1. The number of aromatic nitrogens is 3. The van der Waals surface area contributed by atoms with Gasteiger partial charge in [-0.25, -0.2) is 4.98 Å². The number of H-pyrrole nitrogens is 1. The Labute approximate surface area is 223 Å². The SMILES string of the molecule is O=C(C1CC1)N1CC[C@@H](Cn2c(-c3ccc(-c4ccc5cc[nH]c5c4)cc3)nc3cc(C(F)(F)F)ccc32)C1. The van der Waals surface area contributed by atoms with E-state index in [0.29, 0.717) is 29.9 Å². The molecular formula is C31H27F3N4O. The number of hydrogen-bond donors (Lipinski definition) is 1. The molecule has 0 bridgehead atoms.